The normalized spacial score (nSPS) is 14.0. The lowest BCUT2D eigenvalue weighted by Gasteiger charge is -2.18. The minimum Gasteiger partial charge on any atom is -0.310 e. The van der Waals surface area contributed by atoms with Gasteiger partial charge in [-0.15, -0.1) is 0 Å². The molecular formula is C23H25N3OS. The topological polar surface area (TPSA) is 46.9 Å². The van der Waals surface area contributed by atoms with E-state index in [1.54, 1.807) is 0 Å². The summed E-state index contributed by atoms with van der Waals surface area (Å²) in [6.07, 6.45) is 0.754. The van der Waals surface area contributed by atoms with Crippen molar-refractivity contribution in [3.63, 3.8) is 0 Å². The summed E-state index contributed by atoms with van der Waals surface area (Å²) < 4.78 is 1.93. The number of aromatic nitrogens is 2. The smallest absolute Gasteiger partial charge is 0.233 e. The number of carbonyl (C=O) groups excluding carboxylic acids is 1. The zero-order chi connectivity index (χ0) is 19.7. The van der Waals surface area contributed by atoms with Crippen LogP contribution in [0.4, 0.5) is 5.82 Å². The number of fused-ring (bicyclic) bond motifs is 1. The minimum absolute atomic E-state index is 0.0276. The molecule has 1 aromatic heterocycles. The Bertz CT molecular complexity index is 1010. The summed E-state index contributed by atoms with van der Waals surface area (Å²) in [5.41, 5.74) is 6.71. The highest BCUT2D eigenvalue weighted by Gasteiger charge is 2.27. The molecule has 1 unspecified atom stereocenters. The number of nitrogens with zero attached hydrogens (tertiary/aromatic N) is 2. The van der Waals surface area contributed by atoms with Gasteiger partial charge in [-0.25, -0.2) is 4.68 Å². The number of rotatable bonds is 5. The highest BCUT2D eigenvalue weighted by atomic mass is 32.2. The quantitative estimate of drug-likeness (QED) is 0.636. The molecule has 2 heterocycles. The monoisotopic (exact) mass is 391 g/mol. The second-order valence-corrected chi connectivity index (χ2v) is 8.24. The van der Waals surface area contributed by atoms with Crippen LogP contribution in [-0.2, 0) is 16.3 Å². The molecule has 0 spiro atoms. The van der Waals surface area contributed by atoms with Gasteiger partial charge in [-0.05, 0) is 43.0 Å². The molecule has 1 atom stereocenters. The first kappa shape index (κ1) is 18.8. The Morgan fingerprint density at radius 3 is 2.68 bits per heavy atom. The highest BCUT2D eigenvalue weighted by molar-refractivity contribution is 7.98. The number of carbonyl (C=O) groups is 1. The van der Waals surface area contributed by atoms with Gasteiger partial charge in [0.15, 0.2) is 0 Å². The van der Waals surface area contributed by atoms with Crippen LogP contribution in [-0.4, -0.2) is 15.7 Å². The zero-order valence-corrected chi connectivity index (χ0v) is 17.3. The number of aryl methyl sites for hydroxylation is 1. The molecule has 0 radical (unpaired) electrons. The van der Waals surface area contributed by atoms with Crippen LogP contribution in [0.25, 0.3) is 5.69 Å². The molecule has 3 aromatic rings. The Labute approximate surface area is 170 Å². The predicted octanol–water partition coefficient (Wildman–Crippen LogP) is 5.37. The SMILES string of the molecule is CCC(C(=O)Nc1c2c(nn1-c1cccc(C)c1C)CSC2)c1ccccc1. The van der Waals surface area contributed by atoms with Crippen LogP contribution >= 0.6 is 11.8 Å². The number of amides is 1. The summed E-state index contributed by atoms with van der Waals surface area (Å²) in [6.45, 7) is 6.27. The average molecular weight is 392 g/mol. The summed E-state index contributed by atoms with van der Waals surface area (Å²) in [6, 6.07) is 16.2. The molecular weight excluding hydrogens is 366 g/mol. The lowest BCUT2D eigenvalue weighted by molar-refractivity contribution is -0.117. The molecule has 2 aromatic carbocycles. The molecule has 5 heteroatoms. The fraction of sp³-hybridized carbons (Fsp3) is 0.304. The Morgan fingerprint density at radius 2 is 1.93 bits per heavy atom. The summed E-state index contributed by atoms with van der Waals surface area (Å²) >= 11 is 1.85. The second-order valence-electron chi connectivity index (χ2n) is 7.26. The van der Waals surface area contributed by atoms with E-state index in [9.17, 15) is 4.79 Å². The van der Waals surface area contributed by atoms with E-state index in [2.05, 4.69) is 38.2 Å². The molecule has 28 heavy (non-hydrogen) atoms. The largest absolute Gasteiger partial charge is 0.310 e. The fourth-order valence-corrected chi connectivity index (χ4v) is 4.78. The fourth-order valence-electron chi connectivity index (χ4n) is 3.74. The third-order valence-electron chi connectivity index (χ3n) is 5.52. The second kappa shape index (κ2) is 7.84. The standard InChI is InChI=1S/C23H25N3OS/c1-4-18(17-10-6-5-7-11-17)23(27)24-22-19-13-28-14-20(19)25-26(22)21-12-8-9-15(2)16(21)3/h5-12,18H,4,13-14H2,1-3H3,(H,24,27). The van der Waals surface area contributed by atoms with Crippen LogP contribution in [0.5, 0.6) is 0 Å². The molecule has 0 fully saturated rings. The van der Waals surface area contributed by atoms with Gasteiger partial charge in [-0.3, -0.25) is 4.79 Å². The van der Waals surface area contributed by atoms with E-state index < -0.39 is 0 Å². The molecule has 0 saturated heterocycles. The van der Waals surface area contributed by atoms with Crippen molar-refractivity contribution in [3.8, 4) is 5.69 Å². The van der Waals surface area contributed by atoms with Crippen LogP contribution in [0.2, 0.25) is 0 Å². The molecule has 0 bridgehead atoms. The number of anilines is 1. The Kier molecular flexibility index (Phi) is 5.27. The van der Waals surface area contributed by atoms with E-state index in [0.29, 0.717) is 0 Å². The number of hydrogen-bond donors (Lipinski definition) is 1. The van der Waals surface area contributed by atoms with Crippen LogP contribution in [0, 0.1) is 13.8 Å². The maximum Gasteiger partial charge on any atom is 0.233 e. The Morgan fingerprint density at radius 1 is 1.14 bits per heavy atom. The van der Waals surface area contributed by atoms with Gasteiger partial charge in [0.2, 0.25) is 5.91 Å². The lowest BCUT2D eigenvalue weighted by Crippen LogP contribution is -2.23. The predicted molar refractivity (Wildman–Crippen MR) is 116 cm³/mol. The van der Waals surface area contributed by atoms with Gasteiger partial charge in [0.05, 0.1) is 17.3 Å². The van der Waals surface area contributed by atoms with Crippen molar-refractivity contribution in [2.75, 3.05) is 5.32 Å². The van der Waals surface area contributed by atoms with Crippen molar-refractivity contribution in [1.29, 1.82) is 0 Å². The van der Waals surface area contributed by atoms with Crippen molar-refractivity contribution >= 4 is 23.5 Å². The van der Waals surface area contributed by atoms with Gasteiger partial charge < -0.3 is 5.32 Å². The van der Waals surface area contributed by atoms with E-state index in [4.69, 9.17) is 5.10 Å². The van der Waals surface area contributed by atoms with Crippen LogP contribution in [0.1, 0.15) is 47.2 Å². The summed E-state index contributed by atoms with van der Waals surface area (Å²) in [5.74, 6) is 2.46. The van der Waals surface area contributed by atoms with E-state index >= 15 is 0 Å². The molecule has 0 aliphatic carbocycles. The zero-order valence-electron chi connectivity index (χ0n) is 16.5. The first-order chi connectivity index (χ1) is 13.6. The van der Waals surface area contributed by atoms with Crippen molar-refractivity contribution in [1.82, 2.24) is 9.78 Å². The number of nitrogens with one attached hydrogen (secondary N) is 1. The highest BCUT2D eigenvalue weighted by Crippen LogP contribution is 2.37. The Hall–Kier alpha value is -2.53. The van der Waals surface area contributed by atoms with Crippen molar-refractivity contribution in [2.24, 2.45) is 0 Å². The summed E-state index contributed by atoms with van der Waals surface area (Å²) in [7, 11) is 0. The molecule has 1 amide bonds. The van der Waals surface area contributed by atoms with E-state index in [-0.39, 0.29) is 11.8 Å². The van der Waals surface area contributed by atoms with Crippen LogP contribution in [0.15, 0.2) is 48.5 Å². The van der Waals surface area contributed by atoms with Gasteiger partial charge in [-0.1, -0.05) is 49.4 Å². The molecule has 4 nitrogen and oxygen atoms in total. The van der Waals surface area contributed by atoms with E-state index in [0.717, 1.165) is 46.3 Å². The van der Waals surface area contributed by atoms with Gasteiger partial charge in [0.25, 0.3) is 0 Å². The third-order valence-corrected chi connectivity index (χ3v) is 6.49. The molecule has 0 saturated carbocycles. The van der Waals surface area contributed by atoms with Crippen LogP contribution < -0.4 is 5.32 Å². The van der Waals surface area contributed by atoms with Gasteiger partial charge >= 0.3 is 0 Å². The summed E-state index contributed by atoms with van der Waals surface area (Å²) in [5, 5.41) is 8.09. The molecule has 144 valence electrons. The molecule has 1 aliphatic heterocycles. The number of hydrogen-bond acceptors (Lipinski definition) is 3. The van der Waals surface area contributed by atoms with E-state index in [1.165, 1.54) is 11.1 Å². The minimum atomic E-state index is -0.173. The number of benzene rings is 2. The first-order valence-corrected chi connectivity index (χ1v) is 10.9. The average Bonchev–Trinajstić information content (AvgIpc) is 3.28. The molecule has 1 N–H and O–H groups in total. The van der Waals surface area contributed by atoms with E-state index in [1.807, 2.05) is 52.8 Å². The van der Waals surface area contributed by atoms with Gasteiger partial charge in [0.1, 0.15) is 5.82 Å². The first-order valence-electron chi connectivity index (χ1n) is 9.71. The maximum atomic E-state index is 13.2. The van der Waals surface area contributed by atoms with Gasteiger partial charge in [0, 0.05) is 17.1 Å². The van der Waals surface area contributed by atoms with Crippen molar-refractivity contribution < 1.29 is 4.79 Å². The molecule has 1 aliphatic rings. The lowest BCUT2D eigenvalue weighted by atomic mass is 9.95. The maximum absolute atomic E-state index is 13.2. The third kappa shape index (κ3) is 3.35. The van der Waals surface area contributed by atoms with Crippen LogP contribution in [0.3, 0.4) is 0 Å². The van der Waals surface area contributed by atoms with Crippen molar-refractivity contribution in [3.05, 3.63) is 76.5 Å². The van der Waals surface area contributed by atoms with Gasteiger partial charge in [-0.2, -0.15) is 16.9 Å². The van der Waals surface area contributed by atoms with Crippen molar-refractivity contribution in [2.45, 2.75) is 44.6 Å². The summed E-state index contributed by atoms with van der Waals surface area (Å²) in [4.78, 5) is 13.2. The Balaban J connectivity index is 1.73. The molecule has 4 rings (SSSR count). The number of thioether (sulfide) groups is 1.